The first-order valence-electron chi connectivity index (χ1n) is 10.3. The third kappa shape index (κ3) is 5.53. The summed E-state index contributed by atoms with van der Waals surface area (Å²) in [5, 5.41) is 6.37. The van der Waals surface area contributed by atoms with Crippen molar-refractivity contribution in [2.45, 2.75) is 32.6 Å². The van der Waals surface area contributed by atoms with Crippen LogP contribution in [-0.2, 0) is 16.0 Å². The molecule has 1 atom stereocenters. The number of hydrogen-bond donors (Lipinski definition) is 2. The lowest BCUT2D eigenvalue weighted by Gasteiger charge is -2.27. The summed E-state index contributed by atoms with van der Waals surface area (Å²) < 4.78 is 0. The molecule has 2 saturated heterocycles. The first-order chi connectivity index (χ1) is 13.2. The molecule has 0 aliphatic carbocycles. The fourth-order valence-electron chi connectivity index (χ4n) is 3.86. The van der Waals surface area contributed by atoms with Crippen molar-refractivity contribution in [3.63, 3.8) is 0 Å². The molecule has 1 unspecified atom stereocenters. The maximum atomic E-state index is 12.4. The van der Waals surface area contributed by atoms with Gasteiger partial charge in [0.05, 0.1) is 5.92 Å². The molecule has 2 N–H and O–H groups in total. The van der Waals surface area contributed by atoms with Gasteiger partial charge >= 0.3 is 0 Å². The number of benzene rings is 1. The number of hydrogen-bond acceptors (Lipinski definition) is 4. The van der Waals surface area contributed by atoms with Crippen molar-refractivity contribution in [2.24, 2.45) is 5.92 Å². The molecule has 27 heavy (non-hydrogen) atoms. The van der Waals surface area contributed by atoms with Gasteiger partial charge in [-0.15, -0.1) is 0 Å². The highest BCUT2D eigenvalue weighted by Crippen LogP contribution is 2.25. The van der Waals surface area contributed by atoms with Gasteiger partial charge in [-0.3, -0.25) is 9.59 Å². The highest BCUT2D eigenvalue weighted by molar-refractivity contribution is 6.00. The normalized spacial score (nSPS) is 20.9. The van der Waals surface area contributed by atoms with Crippen molar-refractivity contribution >= 4 is 17.5 Å². The number of rotatable bonds is 8. The second kappa shape index (κ2) is 9.85. The van der Waals surface area contributed by atoms with E-state index in [2.05, 4.69) is 34.6 Å². The summed E-state index contributed by atoms with van der Waals surface area (Å²) >= 11 is 0. The summed E-state index contributed by atoms with van der Waals surface area (Å²) in [5.41, 5.74) is 2.18. The van der Waals surface area contributed by atoms with E-state index in [1.165, 1.54) is 5.56 Å². The molecule has 6 nitrogen and oxygen atoms in total. The Kier molecular flexibility index (Phi) is 7.24. The highest BCUT2D eigenvalue weighted by atomic mass is 16.2. The van der Waals surface area contributed by atoms with Crippen LogP contribution >= 0.6 is 0 Å². The fourth-order valence-corrected chi connectivity index (χ4v) is 3.86. The molecular weight excluding hydrogens is 340 g/mol. The van der Waals surface area contributed by atoms with E-state index < -0.39 is 0 Å². The Hall–Kier alpha value is -1.92. The lowest BCUT2D eigenvalue weighted by Crippen LogP contribution is -2.44. The van der Waals surface area contributed by atoms with E-state index in [9.17, 15) is 9.59 Å². The number of nitrogens with one attached hydrogen (secondary N) is 2. The lowest BCUT2D eigenvalue weighted by molar-refractivity contribution is -0.126. The molecular formula is C21H32N4O2. The SMILES string of the molecule is CCCc1ccc(N2CC(C(=O)NCCCN3CCNCC3)CC2=O)cc1. The molecule has 6 heteroatoms. The van der Waals surface area contributed by atoms with Crippen LogP contribution in [0.5, 0.6) is 0 Å². The second-order valence-electron chi connectivity index (χ2n) is 7.56. The summed E-state index contributed by atoms with van der Waals surface area (Å²) in [6, 6.07) is 8.15. The van der Waals surface area contributed by atoms with Crippen molar-refractivity contribution < 1.29 is 9.59 Å². The third-order valence-electron chi connectivity index (χ3n) is 5.44. The minimum atomic E-state index is -0.244. The van der Waals surface area contributed by atoms with Crippen molar-refractivity contribution in [1.29, 1.82) is 0 Å². The van der Waals surface area contributed by atoms with Gasteiger partial charge in [0.15, 0.2) is 0 Å². The summed E-state index contributed by atoms with van der Waals surface area (Å²) in [5.74, 6) is -0.194. The zero-order valence-corrected chi connectivity index (χ0v) is 16.4. The highest BCUT2D eigenvalue weighted by Gasteiger charge is 2.34. The summed E-state index contributed by atoms with van der Waals surface area (Å²) in [6.45, 7) is 8.59. The van der Waals surface area contributed by atoms with E-state index in [4.69, 9.17) is 0 Å². The van der Waals surface area contributed by atoms with Crippen LogP contribution < -0.4 is 15.5 Å². The number of anilines is 1. The number of carbonyl (C=O) groups excluding carboxylic acids is 2. The van der Waals surface area contributed by atoms with Crippen LogP contribution in [0.1, 0.15) is 31.7 Å². The molecule has 0 spiro atoms. The molecule has 2 fully saturated rings. The maximum absolute atomic E-state index is 12.4. The number of nitrogens with zero attached hydrogens (tertiary/aromatic N) is 2. The van der Waals surface area contributed by atoms with Gasteiger partial charge in [-0.25, -0.2) is 0 Å². The van der Waals surface area contributed by atoms with Gasteiger partial charge in [0.2, 0.25) is 11.8 Å². The van der Waals surface area contributed by atoms with E-state index >= 15 is 0 Å². The maximum Gasteiger partial charge on any atom is 0.227 e. The standard InChI is InChI=1S/C21H32N4O2/c1-2-4-17-5-7-19(8-6-17)25-16-18(15-20(25)26)21(27)23-9-3-12-24-13-10-22-11-14-24/h5-8,18,22H,2-4,9-16H2,1H3,(H,23,27). The van der Waals surface area contributed by atoms with Gasteiger partial charge < -0.3 is 20.4 Å². The Labute approximate surface area is 162 Å². The fraction of sp³-hybridized carbons (Fsp3) is 0.619. The third-order valence-corrected chi connectivity index (χ3v) is 5.44. The summed E-state index contributed by atoms with van der Waals surface area (Å²) in [6.07, 6.45) is 3.42. The van der Waals surface area contributed by atoms with Gasteiger partial charge in [0.25, 0.3) is 0 Å². The average molecular weight is 373 g/mol. The Morgan fingerprint density at radius 1 is 1.22 bits per heavy atom. The van der Waals surface area contributed by atoms with Gasteiger partial charge in [0.1, 0.15) is 0 Å². The van der Waals surface area contributed by atoms with Crippen LogP contribution in [0.2, 0.25) is 0 Å². The molecule has 0 radical (unpaired) electrons. The Balaban J connectivity index is 1.42. The minimum Gasteiger partial charge on any atom is -0.356 e. The molecule has 2 aliphatic heterocycles. The number of carbonyl (C=O) groups is 2. The molecule has 148 valence electrons. The Bertz CT molecular complexity index is 626. The van der Waals surface area contributed by atoms with Crippen molar-refractivity contribution in [3.8, 4) is 0 Å². The van der Waals surface area contributed by atoms with E-state index in [0.29, 0.717) is 19.5 Å². The molecule has 0 bridgehead atoms. The van der Waals surface area contributed by atoms with E-state index in [1.807, 2.05) is 12.1 Å². The monoisotopic (exact) mass is 372 g/mol. The van der Waals surface area contributed by atoms with Crippen LogP contribution in [-0.4, -0.2) is 62.5 Å². The molecule has 2 aliphatic rings. The largest absolute Gasteiger partial charge is 0.356 e. The quantitative estimate of drug-likeness (QED) is 0.677. The molecule has 0 aromatic heterocycles. The lowest BCUT2D eigenvalue weighted by atomic mass is 10.1. The smallest absolute Gasteiger partial charge is 0.227 e. The molecule has 3 rings (SSSR count). The van der Waals surface area contributed by atoms with Gasteiger partial charge in [0, 0.05) is 51.4 Å². The Morgan fingerprint density at radius 3 is 2.67 bits per heavy atom. The predicted octanol–water partition coefficient (Wildman–Crippen LogP) is 1.40. The van der Waals surface area contributed by atoms with Crippen LogP contribution in [0.3, 0.4) is 0 Å². The van der Waals surface area contributed by atoms with Crippen molar-refractivity contribution in [2.75, 3.05) is 50.7 Å². The predicted molar refractivity (Wildman–Crippen MR) is 108 cm³/mol. The van der Waals surface area contributed by atoms with Crippen LogP contribution in [0.15, 0.2) is 24.3 Å². The van der Waals surface area contributed by atoms with E-state index in [1.54, 1.807) is 4.90 Å². The number of amides is 2. The zero-order chi connectivity index (χ0) is 19.1. The minimum absolute atomic E-state index is 0.00811. The zero-order valence-electron chi connectivity index (χ0n) is 16.4. The molecule has 0 saturated carbocycles. The molecule has 2 amide bonds. The summed E-state index contributed by atoms with van der Waals surface area (Å²) in [7, 11) is 0. The van der Waals surface area contributed by atoms with Gasteiger partial charge in [-0.1, -0.05) is 25.5 Å². The average Bonchev–Trinajstić information content (AvgIpc) is 3.09. The molecule has 1 aromatic rings. The second-order valence-corrected chi connectivity index (χ2v) is 7.56. The van der Waals surface area contributed by atoms with Crippen LogP contribution in [0, 0.1) is 5.92 Å². The van der Waals surface area contributed by atoms with Crippen molar-refractivity contribution in [3.05, 3.63) is 29.8 Å². The van der Waals surface area contributed by atoms with E-state index in [0.717, 1.165) is 57.7 Å². The molecule has 2 heterocycles. The summed E-state index contributed by atoms with van der Waals surface area (Å²) in [4.78, 5) is 29.0. The van der Waals surface area contributed by atoms with Crippen LogP contribution in [0.25, 0.3) is 0 Å². The van der Waals surface area contributed by atoms with Gasteiger partial charge in [-0.05, 0) is 37.1 Å². The van der Waals surface area contributed by atoms with Crippen LogP contribution in [0.4, 0.5) is 5.69 Å². The Morgan fingerprint density at radius 2 is 1.96 bits per heavy atom. The van der Waals surface area contributed by atoms with Crippen molar-refractivity contribution in [1.82, 2.24) is 15.5 Å². The van der Waals surface area contributed by atoms with Gasteiger partial charge in [-0.2, -0.15) is 0 Å². The first-order valence-corrected chi connectivity index (χ1v) is 10.3. The number of piperazine rings is 1. The first kappa shape index (κ1) is 19.8. The molecule has 1 aromatic carbocycles. The number of aryl methyl sites for hydroxylation is 1. The van der Waals surface area contributed by atoms with E-state index in [-0.39, 0.29) is 17.7 Å². The topological polar surface area (TPSA) is 64.7 Å².